The number of hydrogen-bond acceptors (Lipinski definition) is 3. The van der Waals surface area contributed by atoms with Crippen LogP contribution in [0.3, 0.4) is 0 Å². The summed E-state index contributed by atoms with van der Waals surface area (Å²) in [5.41, 5.74) is 0.731. The average Bonchev–Trinajstić information content (AvgIpc) is 2.30. The van der Waals surface area contributed by atoms with Crippen molar-refractivity contribution >= 4 is 18.3 Å². The van der Waals surface area contributed by atoms with Gasteiger partial charge in [-0.25, -0.2) is 0 Å². The van der Waals surface area contributed by atoms with Gasteiger partial charge in [-0.3, -0.25) is 9.78 Å². The standard InChI is InChI=1S/C11H15N3O.ClH/c1-13-6-8-14(9-7-13)11(15)10-2-4-12-5-3-10;/h2-5H,6-9H2,1H3;1H. The zero-order chi connectivity index (χ0) is 10.7. The molecule has 0 atom stereocenters. The molecule has 1 aromatic heterocycles. The third-order valence-electron chi connectivity index (χ3n) is 2.72. The summed E-state index contributed by atoms with van der Waals surface area (Å²) >= 11 is 0. The molecule has 2 rings (SSSR count). The zero-order valence-electron chi connectivity index (χ0n) is 9.30. The molecule has 4 nitrogen and oxygen atoms in total. The monoisotopic (exact) mass is 241 g/mol. The van der Waals surface area contributed by atoms with Crippen LogP contribution in [0.4, 0.5) is 0 Å². The second-order valence-electron chi connectivity index (χ2n) is 3.83. The minimum Gasteiger partial charge on any atom is -0.336 e. The average molecular weight is 242 g/mol. The molecule has 88 valence electrons. The molecular formula is C11H16ClN3O. The highest BCUT2D eigenvalue weighted by Gasteiger charge is 2.19. The van der Waals surface area contributed by atoms with Gasteiger partial charge in [0.2, 0.25) is 0 Å². The van der Waals surface area contributed by atoms with Gasteiger partial charge in [0.15, 0.2) is 0 Å². The predicted molar refractivity (Wildman–Crippen MR) is 64.9 cm³/mol. The van der Waals surface area contributed by atoms with E-state index in [2.05, 4.69) is 16.9 Å². The Bertz CT molecular complexity index is 336. The molecule has 1 amide bonds. The number of hydrogen-bond donors (Lipinski definition) is 0. The molecule has 2 heterocycles. The lowest BCUT2D eigenvalue weighted by Gasteiger charge is -2.32. The summed E-state index contributed by atoms with van der Waals surface area (Å²) < 4.78 is 0. The fourth-order valence-corrected chi connectivity index (χ4v) is 1.69. The number of piperazine rings is 1. The van der Waals surface area contributed by atoms with Gasteiger partial charge in [0.05, 0.1) is 0 Å². The summed E-state index contributed by atoms with van der Waals surface area (Å²) in [6.45, 7) is 3.54. The van der Waals surface area contributed by atoms with Crippen molar-refractivity contribution in [2.75, 3.05) is 33.2 Å². The summed E-state index contributed by atoms with van der Waals surface area (Å²) in [7, 11) is 2.08. The molecule has 1 saturated heterocycles. The normalized spacial score (nSPS) is 16.7. The van der Waals surface area contributed by atoms with Gasteiger partial charge in [-0.1, -0.05) is 0 Å². The minimum absolute atomic E-state index is 0. The van der Waals surface area contributed by atoms with E-state index in [0.29, 0.717) is 0 Å². The molecule has 1 aliphatic rings. The van der Waals surface area contributed by atoms with Crippen molar-refractivity contribution in [3.05, 3.63) is 30.1 Å². The van der Waals surface area contributed by atoms with E-state index in [-0.39, 0.29) is 18.3 Å². The number of nitrogens with zero attached hydrogens (tertiary/aromatic N) is 3. The van der Waals surface area contributed by atoms with Crippen molar-refractivity contribution in [3.8, 4) is 0 Å². The maximum atomic E-state index is 12.0. The van der Waals surface area contributed by atoms with E-state index in [9.17, 15) is 4.79 Å². The van der Waals surface area contributed by atoms with Gasteiger partial charge in [0.25, 0.3) is 5.91 Å². The van der Waals surface area contributed by atoms with Gasteiger partial charge in [-0.05, 0) is 19.2 Å². The fraction of sp³-hybridized carbons (Fsp3) is 0.455. The number of rotatable bonds is 1. The van der Waals surface area contributed by atoms with Crippen LogP contribution in [-0.2, 0) is 0 Å². The molecular weight excluding hydrogens is 226 g/mol. The van der Waals surface area contributed by atoms with Crippen LogP contribution < -0.4 is 0 Å². The second-order valence-corrected chi connectivity index (χ2v) is 3.83. The number of pyridine rings is 1. The summed E-state index contributed by atoms with van der Waals surface area (Å²) in [4.78, 5) is 20.0. The first-order valence-electron chi connectivity index (χ1n) is 5.15. The van der Waals surface area contributed by atoms with Crippen LogP contribution in [-0.4, -0.2) is 53.9 Å². The van der Waals surface area contributed by atoms with Crippen molar-refractivity contribution in [2.24, 2.45) is 0 Å². The summed E-state index contributed by atoms with van der Waals surface area (Å²) in [5.74, 6) is 0.116. The SMILES string of the molecule is CN1CCN(C(=O)c2ccncc2)CC1.Cl. The molecule has 0 aromatic carbocycles. The number of likely N-dealkylation sites (N-methyl/N-ethyl adjacent to an activating group) is 1. The van der Waals surface area contributed by atoms with E-state index in [1.54, 1.807) is 24.5 Å². The molecule has 0 N–H and O–H groups in total. The predicted octanol–water partition coefficient (Wildman–Crippen LogP) is 0.891. The highest BCUT2D eigenvalue weighted by Crippen LogP contribution is 2.06. The largest absolute Gasteiger partial charge is 0.336 e. The Labute approximate surface area is 102 Å². The number of carbonyl (C=O) groups is 1. The Morgan fingerprint density at radius 3 is 2.31 bits per heavy atom. The first kappa shape index (κ1) is 12.9. The third-order valence-corrected chi connectivity index (χ3v) is 2.72. The summed E-state index contributed by atoms with van der Waals surface area (Å²) in [6, 6.07) is 3.53. The van der Waals surface area contributed by atoms with Crippen LogP contribution in [0.15, 0.2) is 24.5 Å². The van der Waals surface area contributed by atoms with E-state index in [0.717, 1.165) is 31.7 Å². The van der Waals surface area contributed by atoms with Gasteiger partial charge in [-0.15, -0.1) is 12.4 Å². The van der Waals surface area contributed by atoms with Gasteiger partial charge < -0.3 is 9.80 Å². The molecule has 5 heteroatoms. The van der Waals surface area contributed by atoms with Crippen LogP contribution in [0.25, 0.3) is 0 Å². The molecule has 0 spiro atoms. The molecule has 0 bridgehead atoms. The zero-order valence-corrected chi connectivity index (χ0v) is 10.1. The first-order chi connectivity index (χ1) is 7.27. The summed E-state index contributed by atoms with van der Waals surface area (Å²) in [6.07, 6.45) is 3.31. The Kier molecular flexibility index (Phi) is 4.71. The second kappa shape index (κ2) is 5.82. The van der Waals surface area contributed by atoms with Crippen molar-refractivity contribution in [1.29, 1.82) is 0 Å². The number of aromatic nitrogens is 1. The first-order valence-corrected chi connectivity index (χ1v) is 5.15. The molecule has 1 aliphatic heterocycles. The molecule has 1 fully saturated rings. The summed E-state index contributed by atoms with van der Waals surface area (Å²) in [5, 5.41) is 0. The van der Waals surface area contributed by atoms with Gasteiger partial charge in [0, 0.05) is 44.1 Å². The number of amides is 1. The smallest absolute Gasteiger partial charge is 0.254 e. The number of carbonyl (C=O) groups excluding carboxylic acids is 1. The van der Waals surface area contributed by atoms with E-state index < -0.39 is 0 Å². The Morgan fingerprint density at radius 1 is 1.19 bits per heavy atom. The molecule has 0 saturated carbocycles. The van der Waals surface area contributed by atoms with Crippen LogP contribution >= 0.6 is 12.4 Å². The van der Waals surface area contributed by atoms with Crippen LogP contribution in [0, 0.1) is 0 Å². The lowest BCUT2D eigenvalue weighted by Crippen LogP contribution is -2.47. The Hall–Kier alpha value is -1.13. The number of halogens is 1. The van der Waals surface area contributed by atoms with E-state index >= 15 is 0 Å². The molecule has 0 unspecified atom stereocenters. The van der Waals surface area contributed by atoms with Gasteiger partial charge in [0.1, 0.15) is 0 Å². The molecule has 16 heavy (non-hydrogen) atoms. The highest BCUT2D eigenvalue weighted by molar-refractivity contribution is 5.94. The van der Waals surface area contributed by atoms with Crippen LogP contribution in [0.1, 0.15) is 10.4 Å². The molecule has 1 aromatic rings. The Balaban J connectivity index is 0.00000128. The van der Waals surface area contributed by atoms with E-state index in [1.165, 1.54) is 0 Å². The Morgan fingerprint density at radius 2 is 1.75 bits per heavy atom. The fourth-order valence-electron chi connectivity index (χ4n) is 1.69. The lowest BCUT2D eigenvalue weighted by atomic mass is 10.2. The van der Waals surface area contributed by atoms with Gasteiger partial charge in [-0.2, -0.15) is 0 Å². The topological polar surface area (TPSA) is 36.4 Å². The van der Waals surface area contributed by atoms with Crippen molar-refractivity contribution in [2.45, 2.75) is 0 Å². The van der Waals surface area contributed by atoms with Gasteiger partial charge >= 0.3 is 0 Å². The van der Waals surface area contributed by atoms with Crippen LogP contribution in [0.5, 0.6) is 0 Å². The van der Waals surface area contributed by atoms with Crippen LogP contribution in [0.2, 0.25) is 0 Å². The third kappa shape index (κ3) is 2.93. The van der Waals surface area contributed by atoms with E-state index in [4.69, 9.17) is 0 Å². The maximum Gasteiger partial charge on any atom is 0.254 e. The van der Waals surface area contributed by atoms with Crippen molar-refractivity contribution in [1.82, 2.24) is 14.8 Å². The molecule has 0 aliphatic carbocycles. The van der Waals surface area contributed by atoms with E-state index in [1.807, 2.05) is 4.90 Å². The maximum absolute atomic E-state index is 12.0. The highest BCUT2D eigenvalue weighted by atomic mass is 35.5. The molecule has 0 radical (unpaired) electrons. The van der Waals surface area contributed by atoms with Crippen molar-refractivity contribution in [3.63, 3.8) is 0 Å². The minimum atomic E-state index is 0. The lowest BCUT2D eigenvalue weighted by molar-refractivity contribution is 0.0664. The quantitative estimate of drug-likeness (QED) is 0.733. The van der Waals surface area contributed by atoms with Crippen molar-refractivity contribution < 1.29 is 4.79 Å².